The number of anilines is 1. The first-order chi connectivity index (χ1) is 14.1. The first-order valence-corrected chi connectivity index (χ1v) is 12.5. The lowest BCUT2D eigenvalue weighted by molar-refractivity contribution is -0.229. The van der Waals surface area contributed by atoms with Gasteiger partial charge >= 0.3 is 29.2 Å². The molecule has 1 rings (SSSR count). The van der Waals surface area contributed by atoms with Crippen LogP contribution in [0.3, 0.4) is 0 Å². The summed E-state index contributed by atoms with van der Waals surface area (Å²) in [5.74, 6) is -2.04. The van der Waals surface area contributed by atoms with Gasteiger partial charge in [0, 0.05) is 0 Å². The largest absolute Gasteiger partial charge is 0.490 e. The predicted octanol–water partition coefficient (Wildman–Crippen LogP) is 0.278. The van der Waals surface area contributed by atoms with E-state index in [2.05, 4.69) is 18.1 Å². The van der Waals surface area contributed by atoms with Crippen LogP contribution in [0.1, 0.15) is 27.0 Å². The molecule has 0 radical (unpaired) electrons. The average Bonchev–Trinajstić information content (AvgIpc) is 2.50. The van der Waals surface area contributed by atoms with E-state index in [-0.39, 0.29) is 4.57 Å². The minimum Gasteiger partial charge on any atom is -0.381 e. The van der Waals surface area contributed by atoms with Crippen molar-refractivity contribution in [3.8, 4) is 0 Å². The highest BCUT2D eigenvalue weighted by Gasteiger charge is 2.43. The zero-order valence-electron chi connectivity index (χ0n) is 16.4. The van der Waals surface area contributed by atoms with Crippen LogP contribution in [0, 0.1) is 5.82 Å². The van der Waals surface area contributed by atoms with Crippen LogP contribution in [0.4, 0.5) is 14.6 Å². The van der Waals surface area contributed by atoms with E-state index in [0.29, 0.717) is 6.20 Å². The standard InChI is InChI=1S/C11H20F2N3O13P3/c1-5(27-31(22,23)29-32(24,25)28-30(19,20)21)8(17)26-9(11(2,3)13)16-4-6(12)7(14)15-10(16)18/h4-5,8-9,17H,1-3H3,(H,22,23)(H,24,25)(H2,14,15,18)(H2,19,20,21)/t5-,8-,9-/m1/s1. The van der Waals surface area contributed by atoms with Crippen molar-refractivity contribution in [1.29, 1.82) is 0 Å². The number of alkyl halides is 1. The first-order valence-electron chi connectivity index (χ1n) is 8.02. The molecule has 5 atom stereocenters. The van der Waals surface area contributed by atoms with Gasteiger partial charge in [-0.25, -0.2) is 27.3 Å². The number of nitrogen functional groups attached to an aromatic ring is 1. The van der Waals surface area contributed by atoms with Gasteiger partial charge < -0.3 is 35.2 Å². The molecular weight excluding hydrogens is 513 g/mol. The normalized spacial score (nSPS) is 19.6. The molecule has 0 aliphatic carbocycles. The van der Waals surface area contributed by atoms with Gasteiger partial charge in [-0.05, 0) is 20.8 Å². The number of phosphoric ester groups is 1. The van der Waals surface area contributed by atoms with E-state index < -0.39 is 65.1 Å². The van der Waals surface area contributed by atoms with Crippen molar-refractivity contribution < 1.29 is 65.0 Å². The van der Waals surface area contributed by atoms with E-state index in [0.717, 1.165) is 20.8 Å². The third-order valence-corrected chi connectivity index (χ3v) is 7.09. The maximum atomic E-state index is 14.6. The van der Waals surface area contributed by atoms with Gasteiger partial charge in [0.1, 0.15) is 6.10 Å². The van der Waals surface area contributed by atoms with Crippen LogP contribution in [0.15, 0.2) is 11.0 Å². The number of hydrogen-bond acceptors (Lipinski definition) is 11. The van der Waals surface area contributed by atoms with Crippen molar-refractivity contribution in [2.75, 3.05) is 5.73 Å². The van der Waals surface area contributed by atoms with Gasteiger partial charge in [0.25, 0.3) is 0 Å². The van der Waals surface area contributed by atoms with E-state index in [1.54, 1.807) is 0 Å². The molecule has 7 N–H and O–H groups in total. The molecule has 0 fully saturated rings. The third kappa shape index (κ3) is 9.02. The molecule has 186 valence electrons. The lowest BCUT2D eigenvalue weighted by Gasteiger charge is -2.32. The molecule has 0 saturated heterocycles. The highest BCUT2D eigenvalue weighted by Crippen LogP contribution is 2.66. The number of rotatable bonds is 11. The Hall–Kier alpha value is -1.13. The number of halogens is 2. The Morgan fingerprint density at radius 3 is 2.16 bits per heavy atom. The Morgan fingerprint density at radius 1 is 1.16 bits per heavy atom. The van der Waals surface area contributed by atoms with Crippen molar-refractivity contribution in [3.63, 3.8) is 0 Å². The number of nitrogens with two attached hydrogens (primary N) is 1. The van der Waals surface area contributed by atoms with Crippen molar-refractivity contribution >= 4 is 29.3 Å². The fourth-order valence-electron chi connectivity index (χ4n) is 1.99. The maximum absolute atomic E-state index is 14.6. The van der Waals surface area contributed by atoms with Gasteiger partial charge in [0.05, 0.1) is 6.20 Å². The topological polar surface area (TPSA) is 250 Å². The SMILES string of the molecule is C[C@@H](OP(=O)(O)OP(=O)(O)OP(=O)(O)O)[C@H](O)O[C@@H](n1cc(F)c(N)nc1=O)C(C)(C)F. The summed E-state index contributed by atoms with van der Waals surface area (Å²) >= 11 is 0. The van der Waals surface area contributed by atoms with Crippen LogP contribution in [0.2, 0.25) is 0 Å². The van der Waals surface area contributed by atoms with Crippen LogP contribution < -0.4 is 11.4 Å². The minimum atomic E-state index is -5.83. The van der Waals surface area contributed by atoms with E-state index in [9.17, 15) is 37.3 Å². The molecule has 21 heteroatoms. The Labute approximate surface area is 178 Å². The van der Waals surface area contributed by atoms with E-state index >= 15 is 0 Å². The molecule has 0 bridgehead atoms. The van der Waals surface area contributed by atoms with E-state index in [1.807, 2.05) is 0 Å². The Morgan fingerprint density at radius 2 is 1.69 bits per heavy atom. The lowest BCUT2D eigenvalue weighted by Crippen LogP contribution is -2.43. The summed E-state index contributed by atoms with van der Waals surface area (Å²) in [5.41, 5.74) is 1.34. The maximum Gasteiger partial charge on any atom is 0.490 e. The van der Waals surface area contributed by atoms with E-state index in [4.69, 9.17) is 25.2 Å². The number of aliphatic hydroxyl groups is 1. The number of phosphoric acid groups is 3. The Bertz CT molecular complexity index is 1020. The summed E-state index contributed by atoms with van der Waals surface area (Å²) in [6.07, 6.45) is -6.02. The van der Waals surface area contributed by atoms with Crippen LogP contribution in [-0.4, -0.2) is 52.3 Å². The predicted molar refractivity (Wildman–Crippen MR) is 98.6 cm³/mol. The molecule has 0 spiro atoms. The summed E-state index contributed by atoms with van der Waals surface area (Å²) in [4.78, 5) is 50.5. The van der Waals surface area contributed by atoms with Gasteiger partial charge in [-0.2, -0.15) is 13.6 Å². The zero-order valence-corrected chi connectivity index (χ0v) is 19.1. The summed E-state index contributed by atoms with van der Waals surface area (Å²) < 4.78 is 78.4. The third-order valence-electron chi connectivity index (χ3n) is 3.16. The minimum absolute atomic E-state index is 0.284. The molecule has 1 aromatic heterocycles. The van der Waals surface area contributed by atoms with Gasteiger partial charge in [0.15, 0.2) is 29.8 Å². The number of aromatic nitrogens is 2. The molecule has 16 nitrogen and oxygen atoms in total. The van der Waals surface area contributed by atoms with Gasteiger partial charge in [0.2, 0.25) is 0 Å². The molecular formula is C11H20F2N3O13P3. The Kier molecular flexibility index (Phi) is 9.04. The van der Waals surface area contributed by atoms with E-state index in [1.165, 1.54) is 0 Å². The molecule has 1 heterocycles. The molecule has 1 aromatic rings. The number of ether oxygens (including phenoxy) is 1. The second kappa shape index (κ2) is 10.0. The van der Waals surface area contributed by atoms with Crippen LogP contribution in [-0.2, 0) is 31.6 Å². The molecule has 2 unspecified atom stereocenters. The molecule has 0 aromatic carbocycles. The molecule has 0 aliphatic rings. The summed E-state index contributed by atoms with van der Waals surface area (Å²) in [6, 6.07) is 0. The smallest absolute Gasteiger partial charge is 0.381 e. The quantitative estimate of drug-likeness (QED) is 0.165. The van der Waals surface area contributed by atoms with Crippen LogP contribution in [0.25, 0.3) is 0 Å². The lowest BCUT2D eigenvalue weighted by atomic mass is 10.1. The van der Waals surface area contributed by atoms with Crippen molar-refractivity contribution in [2.24, 2.45) is 0 Å². The van der Waals surface area contributed by atoms with Crippen LogP contribution >= 0.6 is 23.5 Å². The zero-order chi connectivity index (χ0) is 25.3. The highest BCUT2D eigenvalue weighted by molar-refractivity contribution is 7.66. The van der Waals surface area contributed by atoms with Crippen LogP contribution in [0.5, 0.6) is 0 Å². The molecule has 0 saturated carbocycles. The second-order valence-electron chi connectivity index (χ2n) is 6.51. The second-order valence-corrected chi connectivity index (χ2v) is 10.9. The summed E-state index contributed by atoms with van der Waals surface area (Å²) in [5, 5.41) is 10.0. The van der Waals surface area contributed by atoms with Gasteiger partial charge in [-0.1, -0.05) is 0 Å². The average molecular weight is 533 g/mol. The van der Waals surface area contributed by atoms with Gasteiger partial charge in [-0.3, -0.25) is 9.09 Å². The molecule has 32 heavy (non-hydrogen) atoms. The van der Waals surface area contributed by atoms with Crippen molar-refractivity contribution in [2.45, 2.75) is 45.1 Å². The summed E-state index contributed by atoms with van der Waals surface area (Å²) in [7, 11) is -17.1. The fourth-order valence-corrected chi connectivity index (χ4v) is 5.17. The Balaban J connectivity index is 3.05. The number of nitrogens with zero attached hydrogens (tertiary/aromatic N) is 2. The monoisotopic (exact) mass is 533 g/mol. The number of hydrogen-bond donors (Lipinski definition) is 6. The van der Waals surface area contributed by atoms with Crippen molar-refractivity contribution in [1.82, 2.24) is 9.55 Å². The molecule has 0 amide bonds. The van der Waals surface area contributed by atoms with Gasteiger partial charge in [-0.15, -0.1) is 0 Å². The molecule has 0 aliphatic heterocycles. The van der Waals surface area contributed by atoms with Crippen molar-refractivity contribution in [3.05, 3.63) is 22.5 Å². The fraction of sp³-hybridized carbons (Fsp3) is 0.636. The number of aliphatic hydroxyl groups excluding tert-OH is 1. The first kappa shape index (κ1) is 28.9. The highest BCUT2D eigenvalue weighted by atomic mass is 31.3. The summed E-state index contributed by atoms with van der Waals surface area (Å²) in [6.45, 7) is 2.53.